The molecule has 110 valence electrons. The Morgan fingerprint density at radius 2 is 2.15 bits per heavy atom. The molecule has 2 rings (SSSR count). The molecule has 20 heavy (non-hydrogen) atoms. The van der Waals surface area contributed by atoms with Gasteiger partial charge in [0, 0.05) is 0 Å². The number of esters is 1. The van der Waals surface area contributed by atoms with Gasteiger partial charge in [0.15, 0.2) is 5.69 Å². The van der Waals surface area contributed by atoms with Crippen molar-refractivity contribution in [3.05, 3.63) is 11.4 Å². The molecule has 0 bridgehead atoms. The van der Waals surface area contributed by atoms with Gasteiger partial charge in [0.25, 0.3) is 0 Å². The molecule has 1 aliphatic heterocycles. The van der Waals surface area contributed by atoms with Gasteiger partial charge in [-0.15, -0.1) is 5.11 Å². The number of rotatable bonds is 4. The van der Waals surface area contributed by atoms with E-state index in [1.807, 2.05) is 18.9 Å². The molecule has 1 N–H and O–H groups in total. The van der Waals surface area contributed by atoms with Gasteiger partial charge in [-0.1, -0.05) is 19.1 Å². The average molecular weight is 281 g/mol. The number of hydrogen-bond donors (Lipinski definition) is 1. The highest BCUT2D eigenvalue weighted by Gasteiger charge is 2.22. The molecule has 8 heteroatoms. The molecule has 0 radical (unpaired) electrons. The predicted octanol–water partition coefficient (Wildman–Crippen LogP) is 1.65. The highest BCUT2D eigenvalue weighted by atomic mass is 16.5. The number of ether oxygens (including phenoxy) is 2. The fraction of sp³-hybridized carbons (Fsp3) is 0.667. The van der Waals surface area contributed by atoms with E-state index in [4.69, 9.17) is 9.47 Å². The van der Waals surface area contributed by atoms with Crippen molar-refractivity contribution in [2.75, 3.05) is 33.4 Å². The van der Waals surface area contributed by atoms with Crippen molar-refractivity contribution in [1.82, 2.24) is 15.2 Å². The van der Waals surface area contributed by atoms with Crippen LogP contribution >= 0.6 is 0 Å². The molecule has 0 aromatic carbocycles. The summed E-state index contributed by atoms with van der Waals surface area (Å²) in [5, 5.41) is 16.9. The van der Waals surface area contributed by atoms with Gasteiger partial charge in [-0.2, -0.15) is 5.10 Å². The Bertz CT molecular complexity index is 491. The van der Waals surface area contributed by atoms with Gasteiger partial charge in [-0.25, -0.2) is 4.79 Å². The molecular weight excluding hydrogens is 262 g/mol. The maximum absolute atomic E-state index is 11.7. The highest BCUT2D eigenvalue weighted by molar-refractivity contribution is 5.93. The second kappa shape index (κ2) is 6.47. The molecule has 1 aromatic rings. The summed E-state index contributed by atoms with van der Waals surface area (Å²) in [5.74, 6) is -0.372. The second-order valence-electron chi connectivity index (χ2n) is 4.74. The van der Waals surface area contributed by atoms with Crippen LogP contribution in [-0.4, -0.2) is 54.6 Å². The van der Waals surface area contributed by atoms with Gasteiger partial charge >= 0.3 is 5.97 Å². The predicted molar refractivity (Wildman–Crippen MR) is 70.9 cm³/mol. The number of carbonyl (C=O) groups is 1. The van der Waals surface area contributed by atoms with Crippen LogP contribution in [0.3, 0.4) is 0 Å². The molecule has 1 aromatic heterocycles. The average Bonchev–Trinajstić information content (AvgIpc) is 2.89. The summed E-state index contributed by atoms with van der Waals surface area (Å²) < 4.78 is 9.95. The van der Waals surface area contributed by atoms with Crippen LogP contribution in [0.2, 0.25) is 0 Å². The molecule has 0 unspecified atom stereocenters. The number of nitrogens with zero attached hydrogens (tertiary/aromatic N) is 4. The van der Waals surface area contributed by atoms with Crippen LogP contribution in [0, 0.1) is 0 Å². The summed E-state index contributed by atoms with van der Waals surface area (Å²) in [6.07, 6.45) is 0. The Morgan fingerprint density at radius 3 is 2.75 bits per heavy atom. The SMILES string of the molecule is COC(=O)c1n[nH]c(C(C)C)c1N=NN1CCOCC1. The minimum atomic E-state index is -0.524. The molecule has 0 saturated carbocycles. The van der Waals surface area contributed by atoms with Crippen molar-refractivity contribution in [2.24, 2.45) is 10.3 Å². The van der Waals surface area contributed by atoms with Crippen molar-refractivity contribution in [3.8, 4) is 0 Å². The van der Waals surface area contributed by atoms with Crippen LogP contribution in [0.25, 0.3) is 0 Å². The van der Waals surface area contributed by atoms with E-state index in [-0.39, 0.29) is 11.6 Å². The lowest BCUT2D eigenvalue weighted by Crippen LogP contribution is -2.31. The lowest BCUT2D eigenvalue weighted by Gasteiger charge is -2.22. The molecule has 0 atom stereocenters. The summed E-state index contributed by atoms with van der Waals surface area (Å²) in [7, 11) is 1.31. The van der Waals surface area contributed by atoms with Gasteiger partial charge in [0.2, 0.25) is 0 Å². The smallest absolute Gasteiger partial charge is 0.360 e. The number of aromatic amines is 1. The number of carbonyl (C=O) groups excluding carboxylic acids is 1. The summed E-state index contributed by atoms with van der Waals surface area (Å²) in [4.78, 5) is 11.7. The molecule has 1 aliphatic rings. The Labute approximate surface area is 117 Å². The fourth-order valence-electron chi connectivity index (χ4n) is 1.84. The first-order valence-corrected chi connectivity index (χ1v) is 6.54. The Hall–Kier alpha value is -1.96. The standard InChI is InChI=1S/C12H19N5O3/c1-8(2)9-10(11(14-13-9)12(18)19-3)15-16-17-4-6-20-7-5-17/h8H,4-7H2,1-3H3,(H,13,14). The Balaban J connectivity index is 2.25. The first-order valence-electron chi connectivity index (χ1n) is 6.54. The molecule has 1 fully saturated rings. The van der Waals surface area contributed by atoms with Crippen molar-refractivity contribution in [2.45, 2.75) is 19.8 Å². The molecular formula is C12H19N5O3. The van der Waals surface area contributed by atoms with Crippen LogP contribution < -0.4 is 0 Å². The van der Waals surface area contributed by atoms with Gasteiger partial charge in [-0.3, -0.25) is 10.1 Å². The zero-order chi connectivity index (χ0) is 14.5. The number of aromatic nitrogens is 2. The van der Waals surface area contributed by atoms with E-state index in [9.17, 15) is 4.79 Å². The summed E-state index contributed by atoms with van der Waals surface area (Å²) in [6, 6.07) is 0. The van der Waals surface area contributed by atoms with E-state index in [2.05, 4.69) is 20.5 Å². The van der Waals surface area contributed by atoms with Crippen LogP contribution in [0.4, 0.5) is 5.69 Å². The lowest BCUT2D eigenvalue weighted by molar-refractivity contribution is 0.0353. The summed E-state index contributed by atoms with van der Waals surface area (Å²) >= 11 is 0. The van der Waals surface area contributed by atoms with E-state index in [1.54, 1.807) is 0 Å². The lowest BCUT2D eigenvalue weighted by atomic mass is 10.1. The number of morpholine rings is 1. The van der Waals surface area contributed by atoms with Gasteiger partial charge in [-0.05, 0) is 5.92 Å². The third kappa shape index (κ3) is 3.13. The number of methoxy groups -OCH3 is 1. The third-order valence-corrected chi connectivity index (χ3v) is 2.98. The van der Waals surface area contributed by atoms with Crippen LogP contribution in [0.1, 0.15) is 35.9 Å². The quantitative estimate of drug-likeness (QED) is 0.669. The molecule has 1 saturated heterocycles. The van der Waals surface area contributed by atoms with E-state index in [1.165, 1.54) is 7.11 Å². The number of nitrogens with one attached hydrogen (secondary N) is 1. The molecule has 2 heterocycles. The van der Waals surface area contributed by atoms with E-state index in [0.29, 0.717) is 32.0 Å². The molecule has 0 aliphatic carbocycles. The van der Waals surface area contributed by atoms with E-state index in [0.717, 1.165) is 5.69 Å². The zero-order valence-electron chi connectivity index (χ0n) is 11.9. The van der Waals surface area contributed by atoms with Gasteiger partial charge in [0.1, 0.15) is 5.69 Å². The normalized spacial score (nSPS) is 16.1. The maximum atomic E-state index is 11.7. The van der Waals surface area contributed by atoms with Crippen LogP contribution in [0.5, 0.6) is 0 Å². The third-order valence-electron chi connectivity index (χ3n) is 2.98. The zero-order valence-corrected chi connectivity index (χ0v) is 11.9. The van der Waals surface area contributed by atoms with Gasteiger partial charge in [0.05, 0.1) is 39.1 Å². The van der Waals surface area contributed by atoms with Crippen molar-refractivity contribution in [1.29, 1.82) is 0 Å². The topological polar surface area (TPSA) is 92.2 Å². The Kier molecular flexibility index (Phi) is 4.67. The largest absolute Gasteiger partial charge is 0.464 e. The monoisotopic (exact) mass is 281 g/mol. The molecule has 0 spiro atoms. The fourth-order valence-corrected chi connectivity index (χ4v) is 1.84. The minimum Gasteiger partial charge on any atom is -0.464 e. The second-order valence-corrected chi connectivity index (χ2v) is 4.74. The van der Waals surface area contributed by atoms with Gasteiger partial charge < -0.3 is 9.47 Å². The van der Waals surface area contributed by atoms with Crippen molar-refractivity contribution in [3.63, 3.8) is 0 Å². The maximum Gasteiger partial charge on any atom is 0.360 e. The highest BCUT2D eigenvalue weighted by Crippen LogP contribution is 2.29. The van der Waals surface area contributed by atoms with Crippen molar-refractivity contribution >= 4 is 11.7 Å². The first-order chi connectivity index (χ1) is 9.63. The van der Waals surface area contributed by atoms with Crippen LogP contribution in [0.15, 0.2) is 10.3 Å². The van der Waals surface area contributed by atoms with Crippen molar-refractivity contribution < 1.29 is 14.3 Å². The molecule has 0 amide bonds. The number of hydrogen-bond acceptors (Lipinski definition) is 6. The molecule has 8 nitrogen and oxygen atoms in total. The van der Waals surface area contributed by atoms with Crippen LogP contribution in [-0.2, 0) is 9.47 Å². The van der Waals surface area contributed by atoms with E-state index >= 15 is 0 Å². The number of H-pyrrole nitrogens is 1. The minimum absolute atomic E-state index is 0.152. The Morgan fingerprint density at radius 1 is 1.45 bits per heavy atom. The summed E-state index contributed by atoms with van der Waals surface area (Å²) in [5.41, 5.74) is 1.37. The van der Waals surface area contributed by atoms with E-state index < -0.39 is 5.97 Å². The first kappa shape index (κ1) is 14.4. The summed E-state index contributed by atoms with van der Waals surface area (Å²) in [6.45, 7) is 6.61.